The Labute approximate surface area is 114 Å². The number of hydrogen-bond acceptors (Lipinski definition) is 3. The first-order valence-corrected chi connectivity index (χ1v) is 6.86. The minimum absolute atomic E-state index is 0.0141. The molecule has 1 aromatic carbocycles. The molecule has 19 heavy (non-hydrogen) atoms. The van der Waals surface area contributed by atoms with E-state index in [1.807, 2.05) is 42.2 Å². The fourth-order valence-electron chi connectivity index (χ4n) is 2.45. The molecule has 1 amide bonds. The summed E-state index contributed by atoms with van der Waals surface area (Å²) in [5.41, 5.74) is 6.93. The Bertz CT molecular complexity index is 421. The number of ether oxygens (including phenoxy) is 1. The van der Waals surface area contributed by atoms with Crippen LogP contribution in [0, 0.1) is 0 Å². The lowest BCUT2D eigenvalue weighted by molar-refractivity contribution is -0.146. The van der Waals surface area contributed by atoms with Crippen LogP contribution in [0.15, 0.2) is 30.3 Å². The average molecular weight is 262 g/mol. The molecule has 0 spiro atoms. The zero-order chi connectivity index (χ0) is 13.8. The average Bonchev–Trinajstić information content (AvgIpc) is 2.46. The van der Waals surface area contributed by atoms with Crippen LogP contribution in [0.2, 0.25) is 0 Å². The third kappa shape index (κ3) is 3.33. The fraction of sp³-hybridized carbons (Fsp3) is 0.533. The van der Waals surface area contributed by atoms with Crippen LogP contribution in [0.4, 0.5) is 0 Å². The van der Waals surface area contributed by atoms with Gasteiger partial charge < -0.3 is 15.4 Å². The molecule has 2 N–H and O–H groups in total. The van der Waals surface area contributed by atoms with Gasteiger partial charge in [0.15, 0.2) is 0 Å². The minimum atomic E-state index is -0.580. The highest BCUT2D eigenvalue weighted by Crippen LogP contribution is 2.18. The second-order valence-electron chi connectivity index (χ2n) is 5.11. The first-order valence-electron chi connectivity index (χ1n) is 6.86. The Morgan fingerprint density at radius 3 is 2.74 bits per heavy atom. The molecule has 1 aliphatic heterocycles. The number of amides is 1. The monoisotopic (exact) mass is 262 g/mol. The molecule has 0 radical (unpaired) electrons. The van der Waals surface area contributed by atoms with Gasteiger partial charge in [0.25, 0.3) is 0 Å². The van der Waals surface area contributed by atoms with Gasteiger partial charge >= 0.3 is 0 Å². The molecule has 1 fully saturated rings. The smallest absolute Gasteiger partial charge is 0.244 e. The summed E-state index contributed by atoms with van der Waals surface area (Å²) in [6.45, 7) is 5.33. The van der Waals surface area contributed by atoms with Crippen LogP contribution < -0.4 is 5.73 Å². The van der Waals surface area contributed by atoms with Crippen LogP contribution >= 0.6 is 0 Å². The van der Waals surface area contributed by atoms with Crippen molar-refractivity contribution < 1.29 is 9.53 Å². The Kier molecular flexibility index (Phi) is 4.56. The normalized spacial score (nSPS) is 25.1. The van der Waals surface area contributed by atoms with E-state index < -0.39 is 6.04 Å². The molecule has 1 aliphatic rings. The van der Waals surface area contributed by atoms with Crippen molar-refractivity contribution >= 4 is 5.91 Å². The van der Waals surface area contributed by atoms with E-state index in [0.29, 0.717) is 13.1 Å². The van der Waals surface area contributed by atoms with E-state index in [9.17, 15) is 4.79 Å². The highest BCUT2D eigenvalue weighted by molar-refractivity contribution is 5.83. The molecule has 0 unspecified atom stereocenters. The van der Waals surface area contributed by atoms with Crippen molar-refractivity contribution in [3.63, 3.8) is 0 Å². The maximum absolute atomic E-state index is 12.5. The molecule has 0 aliphatic carbocycles. The van der Waals surface area contributed by atoms with Crippen molar-refractivity contribution in [2.45, 2.75) is 38.5 Å². The van der Waals surface area contributed by atoms with Crippen molar-refractivity contribution in [3.05, 3.63) is 35.9 Å². The zero-order valence-electron chi connectivity index (χ0n) is 11.6. The maximum atomic E-state index is 12.5. The molecule has 1 saturated heterocycles. The highest BCUT2D eigenvalue weighted by atomic mass is 16.5. The molecule has 4 nitrogen and oxygen atoms in total. The second-order valence-corrected chi connectivity index (χ2v) is 5.11. The minimum Gasteiger partial charge on any atom is -0.372 e. The van der Waals surface area contributed by atoms with E-state index in [-0.39, 0.29) is 18.1 Å². The van der Waals surface area contributed by atoms with E-state index in [0.717, 1.165) is 12.0 Å². The SMILES string of the molecule is CC[C@@H]1CN(C(=O)[C@@H](N)c2ccccc2)C[C@@H](C)O1. The molecule has 1 heterocycles. The van der Waals surface area contributed by atoms with Gasteiger partial charge in [-0.1, -0.05) is 37.3 Å². The lowest BCUT2D eigenvalue weighted by Gasteiger charge is -2.37. The van der Waals surface area contributed by atoms with Gasteiger partial charge in [0, 0.05) is 13.1 Å². The van der Waals surface area contributed by atoms with Crippen LogP contribution in [0.1, 0.15) is 31.9 Å². The van der Waals surface area contributed by atoms with Crippen molar-refractivity contribution in [1.82, 2.24) is 4.90 Å². The summed E-state index contributed by atoms with van der Waals surface area (Å²) in [7, 11) is 0. The van der Waals surface area contributed by atoms with Gasteiger partial charge in [-0.05, 0) is 18.9 Å². The number of nitrogens with zero attached hydrogens (tertiary/aromatic N) is 1. The van der Waals surface area contributed by atoms with Gasteiger partial charge in [-0.25, -0.2) is 0 Å². The number of benzene rings is 1. The number of carbonyl (C=O) groups is 1. The molecule has 3 atom stereocenters. The van der Waals surface area contributed by atoms with Gasteiger partial charge in [0.1, 0.15) is 6.04 Å². The number of rotatable bonds is 3. The van der Waals surface area contributed by atoms with Gasteiger partial charge in [0.05, 0.1) is 12.2 Å². The van der Waals surface area contributed by atoms with E-state index >= 15 is 0 Å². The van der Waals surface area contributed by atoms with E-state index in [4.69, 9.17) is 10.5 Å². The van der Waals surface area contributed by atoms with Gasteiger partial charge in [-0.3, -0.25) is 4.79 Å². The summed E-state index contributed by atoms with van der Waals surface area (Å²) in [6.07, 6.45) is 1.11. The second kappa shape index (κ2) is 6.17. The molecule has 2 rings (SSSR count). The number of nitrogens with two attached hydrogens (primary N) is 1. The summed E-state index contributed by atoms with van der Waals surface area (Å²) >= 11 is 0. The van der Waals surface area contributed by atoms with Crippen molar-refractivity contribution in [3.8, 4) is 0 Å². The molecular weight excluding hydrogens is 240 g/mol. The number of carbonyl (C=O) groups excluding carboxylic acids is 1. The first-order chi connectivity index (χ1) is 9.11. The molecule has 0 saturated carbocycles. The fourth-order valence-corrected chi connectivity index (χ4v) is 2.45. The maximum Gasteiger partial charge on any atom is 0.244 e. The molecule has 0 aromatic heterocycles. The van der Waals surface area contributed by atoms with E-state index in [2.05, 4.69) is 6.92 Å². The number of morpholine rings is 1. The summed E-state index contributed by atoms with van der Waals surface area (Å²) in [5, 5.41) is 0. The Hall–Kier alpha value is -1.39. The topological polar surface area (TPSA) is 55.6 Å². The molecule has 1 aromatic rings. The lowest BCUT2D eigenvalue weighted by Crippen LogP contribution is -2.51. The molecular formula is C15H22N2O2. The highest BCUT2D eigenvalue weighted by Gasteiger charge is 2.30. The van der Waals surface area contributed by atoms with E-state index in [1.165, 1.54) is 0 Å². The van der Waals surface area contributed by atoms with Crippen molar-refractivity contribution in [2.24, 2.45) is 5.73 Å². The summed E-state index contributed by atoms with van der Waals surface area (Å²) < 4.78 is 5.77. The van der Waals surface area contributed by atoms with Crippen molar-refractivity contribution in [2.75, 3.05) is 13.1 Å². The Morgan fingerprint density at radius 1 is 1.42 bits per heavy atom. The van der Waals surface area contributed by atoms with Crippen LogP contribution in [-0.4, -0.2) is 36.1 Å². The van der Waals surface area contributed by atoms with Crippen molar-refractivity contribution in [1.29, 1.82) is 0 Å². The summed E-state index contributed by atoms with van der Waals surface area (Å²) in [5.74, 6) is -0.0141. The number of hydrogen-bond donors (Lipinski definition) is 1. The van der Waals surface area contributed by atoms with Crippen LogP contribution in [-0.2, 0) is 9.53 Å². The third-order valence-electron chi connectivity index (χ3n) is 3.52. The summed E-state index contributed by atoms with van der Waals surface area (Å²) in [6, 6.07) is 8.93. The van der Waals surface area contributed by atoms with Crippen LogP contribution in [0.5, 0.6) is 0 Å². The van der Waals surface area contributed by atoms with Crippen LogP contribution in [0.25, 0.3) is 0 Å². The van der Waals surface area contributed by atoms with Gasteiger partial charge in [0.2, 0.25) is 5.91 Å². The Balaban J connectivity index is 2.06. The first kappa shape index (κ1) is 14.0. The standard InChI is InChI=1S/C15H22N2O2/c1-3-13-10-17(9-11(2)19-13)15(18)14(16)12-7-5-4-6-8-12/h4-8,11,13-14H,3,9-10,16H2,1-2H3/t11-,13-,14+/m1/s1. The molecule has 104 valence electrons. The van der Waals surface area contributed by atoms with Gasteiger partial charge in [-0.15, -0.1) is 0 Å². The predicted octanol–water partition coefficient (Wildman–Crippen LogP) is 1.71. The molecule has 0 bridgehead atoms. The quantitative estimate of drug-likeness (QED) is 0.902. The molecule has 4 heteroatoms. The largest absolute Gasteiger partial charge is 0.372 e. The Morgan fingerprint density at radius 2 is 2.11 bits per heavy atom. The third-order valence-corrected chi connectivity index (χ3v) is 3.52. The zero-order valence-corrected chi connectivity index (χ0v) is 11.6. The van der Waals surface area contributed by atoms with Crippen LogP contribution in [0.3, 0.4) is 0 Å². The van der Waals surface area contributed by atoms with E-state index in [1.54, 1.807) is 0 Å². The predicted molar refractivity (Wildman–Crippen MR) is 74.6 cm³/mol. The van der Waals surface area contributed by atoms with Gasteiger partial charge in [-0.2, -0.15) is 0 Å². The summed E-state index contributed by atoms with van der Waals surface area (Å²) in [4.78, 5) is 14.3. The lowest BCUT2D eigenvalue weighted by atomic mass is 10.1.